The zero-order chi connectivity index (χ0) is 20.3. The van der Waals surface area contributed by atoms with Crippen molar-refractivity contribution in [1.82, 2.24) is 9.55 Å². The molecule has 0 aliphatic heterocycles. The van der Waals surface area contributed by atoms with Crippen LogP contribution >= 0.6 is 0 Å². The molecule has 0 saturated heterocycles. The average Bonchev–Trinajstić information content (AvgIpc) is 2.94. The number of rotatable bonds is 7. The van der Waals surface area contributed by atoms with Crippen LogP contribution in [-0.4, -0.2) is 27.7 Å². The first-order valence-corrected chi connectivity index (χ1v) is 9.78. The molecule has 5 nitrogen and oxygen atoms in total. The van der Waals surface area contributed by atoms with E-state index in [2.05, 4.69) is 29.5 Å². The molecule has 0 fully saturated rings. The predicted molar refractivity (Wildman–Crippen MR) is 112 cm³/mol. The predicted octanol–water partition coefficient (Wildman–Crippen LogP) is 5.14. The Hall–Kier alpha value is -2.82. The maximum atomic E-state index is 12.2. The number of pyridine rings is 1. The quantitative estimate of drug-likeness (QED) is 0.533. The first-order valence-electron chi connectivity index (χ1n) is 9.78. The summed E-state index contributed by atoms with van der Waals surface area (Å²) in [6, 6.07) is 10.1. The number of hydrogen-bond donors (Lipinski definition) is 0. The van der Waals surface area contributed by atoms with E-state index in [-0.39, 0.29) is 5.97 Å². The van der Waals surface area contributed by atoms with Gasteiger partial charge in [-0.25, -0.2) is 4.79 Å². The Morgan fingerprint density at radius 3 is 2.50 bits per heavy atom. The zero-order valence-corrected chi connectivity index (χ0v) is 17.3. The molecule has 3 rings (SSSR count). The van der Waals surface area contributed by atoms with Crippen LogP contribution in [0.4, 0.5) is 0 Å². The second-order valence-corrected chi connectivity index (χ2v) is 7.37. The van der Waals surface area contributed by atoms with E-state index in [4.69, 9.17) is 9.47 Å². The minimum absolute atomic E-state index is 0.332. The van der Waals surface area contributed by atoms with E-state index in [9.17, 15) is 4.79 Å². The molecular weight excluding hydrogens is 352 g/mol. The molecule has 28 heavy (non-hydrogen) atoms. The molecule has 0 saturated carbocycles. The van der Waals surface area contributed by atoms with Crippen LogP contribution in [0.1, 0.15) is 39.7 Å². The molecule has 0 unspecified atom stereocenters. The summed E-state index contributed by atoms with van der Waals surface area (Å²) in [6.45, 7) is 10.8. The van der Waals surface area contributed by atoms with Crippen molar-refractivity contribution >= 4 is 16.9 Å². The summed E-state index contributed by atoms with van der Waals surface area (Å²) in [5.41, 5.74) is 3.64. The molecular formula is C23H28N2O3. The van der Waals surface area contributed by atoms with Crippen LogP contribution in [-0.2, 0) is 16.1 Å². The number of esters is 1. The van der Waals surface area contributed by atoms with Crippen LogP contribution in [0.3, 0.4) is 0 Å². The molecule has 3 aromatic rings. The summed E-state index contributed by atoms with van der Waals surface area (Å²) in [5.74, 6) is 0.288. The lowest BCUT2D eigenvalue weighted by molar-refractivity contribution is -0.158. The van der Waals surface area contributed by atoms with Gasteiger partial charge in [-0.15, -0.1) is 0 Å². The number of aromatic nitrogens is 2. The highest BCUT2D eigenvalue weighted by atomic mass is 16.6. The number of carbonyl (C=O) groups is 1. The van der Waals surface area contributed by atoms with E-state index in [0.717, 1.165) is 29.4 Å². The van der Waals surface area contributed by atoms with E-state index in [1.165, 1.54) is 11.3 Å². The third-order valence-electron chi connectivity index (χ3n) is 4.83. The summed E-state index contributed by atoms with van der Waals surface area (Å²) in [6.07, 6.45) is 4.67. The maximum absolute atomic E-state index is 12.2. The van der Waals surface area contributed by atoms with Gasteiger partial charge in [-0.1, -0.05) is 6.92 Å². The van der Waals surface area contributed by atoms with Crippen molar-refractivity contribution in [2.45, 2.75) is 53.2 Å². The van der Waals surface area contributed by atoms with Gasteiger partial charge in [-0.05, 0) is 70.0 Å². The van der Waals surface area contributed by atoms with Gasteiger partial charge in [0.25, 0.3) is 0 Å². The van der Waals surface area contributed by atoms with Crippen molar-refractivity contribution < 1.29 is 14.3 Å². The van der Waals surface area contributed by atoms with Crippen molar-refractivity contribution in [2.75, 3.05) is 6.61 Å². The number of ether oxygens (including phenoxy) is 2. The fourth-order valence-corrected chi connectivity index (χ4v) is 3.54. The first kappa shape index (κ1) is 19.9. The van der Waals surface area contributed by atoms with E-state index in [0.29, 0.717) is 12.4 Å². The fourth-order valence-electron chi connectivity index (χ4n) is 3.54. The number of aryl methyl sites for hydroxylation is 2. The van der Waals surface area contributed by atoms with Crippen molar-refractivity contribution in [3.8, 4) is 17.0 Å². The van der Waals surface area contributed by atoms with E-state index < -0.39 is 5.60 Å². The van der Waals surface area contributed by atoms with Crippen LogP contribution in [0.25, 0.3) is 22.2 Å². The van der Waals surface area contributed by atoms with Crippen molar-refractivity contribution in [3.63, 3.8) is 0 Å². The molecule has 2 heterocycles. The summed E-state index contributed by atoms with van der Waals surface area (Å²) in [4.78, 5) is 16.3. The largest absolute Gasteiger partial charge is 0.476 e. The van der Waals surface area contributed by atoms with Crippen LogP contribution in [0.15, 0.2) is 42.7 Å². The number of benzene rings is 1. The topological polar surface area (TPSA) is 53.4 Å². The van der Waals surface area contributed by atoms with Gasteiger partial charge < -0.3 is 14.0 Å². The summed E-state index contributed by atoms with van der Waals surface area (Å²) in [7, 11) is 0. The lowest BCUT2D eigenvalue weighted by atomic mass is 10.1. The minimum atomic E-state index is -1.04. The SMILES string of the molecule is CCCn1c(-c2ccncc2)c(C)c2cc(OC(C)(C)C(=O)OCC)ccc21. The summed E-state index contributed by atoms with van der Waals surface area (Å²) >= 11 is 0. The highest BCUT2D eigenvalue weighted by Crippen LogP contribution is 2.36. The standard InChI is InChI=1S/C23H28N2O3/c1-6-14-25-20-9-8-18(28-23(4,5)22(26)27-7-2)15-19(20)16(3)21(25)17-10-12-24-13-11-17/h8-13,15H,6-7,14H2,1-5H3. The zero-order valence-electron chi connectivity index (χ0n) is 17.3. The average molecular weight is 380 g/mol. The number of nitrogens with zero attached hydrogens (tertiary/aromatic N) is 2. The molecule has 1 aromatic carbocycles. The van der Waals surface area contributed by atoms with Crippen molar-refractivity contribution in [3.05, 3.63) is 48.3 Å². The second kappa shape index (κ2) is 8.05. The van der Waals surface area contributed by atoms with Gasteiger partial charge in [0.05, 0.1) is 12.3 Å². The minimum Gasteiger partial charge on any atom is -0.476 e. The van der Waals surface area contributed by atoms with Crippen molar-refractivity contribution in [2.24, 2.45) is 0 Å². The van der Waals surface area contributed by atoms with Gasteiger partial charge in [-0.2, -0.15) is 0 Å². The van der Waals surface area contributed by atoms with Crippen LogP contribution in [0.2, 0.25) is 0 Å². The molecule has 5 heteroatoms. The highest BCUT2D eigenvalue weighted by Gasteiger charge is 2.31. The Balaban J connectivity index is 2.07. The van der Waals surface area contributed by atoms with E-state index in [1.807, 2.05) is 36.7 Å². The van der Waals surface area contributed by atoms with Gasteiger partial charge in [0.2, 0.25) is 0 Å². The van der Waals surface area contributed by atoms with Crippen LogP contribution < -0.4 is 4.74 Å². The Bertz CT molecular complexity index is 974. The van der Waals surface area contributed by atoms with Gasteiger partial charge in [0.1, 0.15) is 5.75 Å². The van der Waals surface area contributed by atoms with Crippen molar-refractivity contribution in [1.29, 1.82) is 0 Å². The summed E-state index contributed by atoms with van der Waals surface area (Å²) in [5, 5.41) is 1.12. The summed E-state index contributed by atoms with van der Waals surface area (Å²) < 4.78 is 13.5. The maximum Gasteiger partial charge on any atom is 0.349 e. The van der Waals surface area contributed by atoms with Crippen LogP contribution in [0.5, 0.6) is 5.75 Å². The molecule has 148 valence electrons. The molecule has 0 atom stereocenters. The van der Waals surface area contributed by atoms with Gasteiger partial charge >= 0.3 is 5.97 Å². The van der Waals surface area contributed by atoms with Gasteiger partial charge in [0.15, 0.2) is 5.60 Å². The molecule has 0 aliphatic rings. The molecule has 0 bridgehead atoms. The lowest BCUT2D eigenvalue weighted by Gasteiger charge is -2.24. The Morgan fingerprint density at radius 1 is 1.14 bits per heavy atom. The molecule has 0 spiro atoms. The Morgan fingerprint density at radius 2 is 1.86 bits per heavy atom. The van der Waals surface area contributed by atoms with Gasteiger partial charge in [-0.3, -0.25) is 4.98 Å². The molecule has 2 aromatic heterocycles. The second-order valence-electron chi connectivity index (χ2n) is 7.37. The van der Waals surface area contributed by atoms with E-state index >= 15 is 0 Å². The molecule has 0 aliphatic carbocycles. The highest BCUT2D eigenvalue weighted by molar-refractivity contribution is 5.92. The van der Waals surface area contributed by atoms with Crippen LogP contribution in [0, 0.1) is 6.92 Å². The number of fused-ring (bicyclic) bond motifs is 1. The Kier molecular flexibility index (Phi) is 5.73. The fraction of sp³-hybridized carbons (Fsp3) is 0.391. The lowest BCUT2D eigenvalue weighted by Crippen LogP contribution is -2.39. The molecule has 0 N–H and O–H groups in total. The Labute approximate surface area is 166 Å². The smallest absolute Gasteiger partial charge is 0.349 e. The molecule has 0 radical (unpaired) electrons. The normalized spacial score (nSPS) is 11.6. The third kappa shape index (κ3) is 3.75. The van der Waals surface area contributed by atoms with Gasteiger partial charge in [0, 0.05) is 35.4 Å². The first-order chi connectivity index (χ1) is 13.4. The number of hydrogen-bond acceptors (Lipinski definition) is 4. The molecule has 0 amide bonds. The monoisotopic (exact) mass is 380 g/mol. The number of carbonyl (C=O) groups excluding carboxylic acids is 1. The van der Waals surface area contributed by atoms with E-state index in [1.54, 1.807) is 20.8 Å². The third-order valence-corrected chi connectivity index (χ3v) is 4.83.